The van der Waals surface area contributed by atoms with E-state index >= 15 is 0 Å². The van der Waals surface area contributed by atoms with Gasteiger partial charge in [-0.25, -0.2) is 0 Å². The minimum Gasteiger partial charge on any atom is -0.405 e. The van der Waals surface area contributed by atoms with Crippen LogP contribution in [-0.2, 0) is 0 Å². The van der Waals surface area contributed by atoms with E-state index in [0.717, 1.165) is 30.1 Å². The molecule has 0 amide bonds. The molecule has 0 aliphatic heterocycles. The van der Waals surface area contributed by atoms with E-state index in [1.165, 1.54) is 64.2 Å². The number of hydrogen-bond donors (Lipinski definition) is 1. The standard InChI is InChI=1S/C24H43N/c1-5-6-11-19(2)17-24(18-20(3)16-21(24)4)23(22-12-10-13-22)14-8-7-9-15-25/h9,11,15,20-23H,5-8,10,12-14,16-18,25H2,1-4H3/b15-9+,19-11+. The van der Waals surface area contributed by atoms with E-state index in [0.29, 0.717) is 5.41 Å². The van der Waals surface area contributed by atoms with Gasteiger partial charge in [0.1, 0.15) is 0 Å². The normalized spacial score (nSPS) is 32.2. The average Bonchev–Trinajstić information content (AvgIpc) is 2.80. The average molecular weight is 346 g/mol. The molecule has 2 rings (SSSR count). The topological polar surface area (TPSA) is 26.0 Å². The van der Waals surface area contributed by atoms with Crippen LogP contribution in [0.1, 0.15) is 98.3 Å². The lowest BCUT2D eigenvalue weighted by atomic mass is 9.56. The van der Waals surface area contributed by atoms with Crippen molar-refractivity contribution in [2.75, 3.05) is 0 Å². The van der Waals surface area contributed by atoms with Crippen LogP contribution >= 0.6 is 0 Å². The smallest absolute Gasteiger partial charge is 0.0103 e. The van der Waals surface area contributed by atoms with Gasteiger partial charge in [0.15, 0.2) is 0 Å². The summed E-state index contributed by atoms with van der Waals surface area (Å²) in [5.74, 6) is 3.70. The summed E-state index contributed by atoms with van der Waals surface area (Å²) in [5.41, 5.74) is 7.78. The van der Waals surface area contributed by atoms with Gasteiger partial charge in [0.25, 0.3) is 0 Å². The summed E-state index contributed by atoms with van der Waals surface area (Å²) < 4.78 is 0. The number of unbranched alkanes of at least 4 members (excludes halogenated alkanes) is 2. The summed E-state index contributed by atoms with van der Waals surface area (Å²) in [4.78, 5) is 0. The number of allylic oxidation sites excluding steroid dienone is 3. The Balaban J connectivity index is 2.20. The molecule has 2 saturated carbocycles. The molecule has 0 spiro atoms. The fourth-order valence-electron chi connectivity index (χ4n) is 6.03. The molecule has 0 heterocycles. The highest BCUT2D eigenvalue weighted by atomic mass is 14.6. The third-order valence-corrected chi connectivity index (χ3v) is 7.33. The van der Waals surface area contributed by atoms with Gasteiger partial charge in [-0.2, -0.15) is 0 Å². The third kappa shape index (κ3) is 5.14. The number of nitrogens with two attached hydrogens (primary N) is 1. The maximum atomic E-state index is 5.56. The lowest BCUT2D eigenvalue weighted by molar-refractivity contribution is 0.0175. The molecule has 0 radical (unpaired) electrons. The Kier molecular flexibility index (Phi) is 8.10. The van der Waals surface area contributed by atoms with Gasteiger partial charge in [-0.05, 0) is 87.2 Å². The predicted octanol–water partition coefficient (Wildman–Crippen LogP) is 7.23. The van der Waals surface area contributed by atoms with Gasteiger partial charge in [0.05, 0.1) is 0 Å². The van der Waals surface area contributed by atoms with Crippen LogP contribution in [-0.4, -0.2) is 0 Å². The first kappa shape index (κ1) is 20.6. The zero-order chi connectivity index (χ0) is 18.3. The van der Waals surface area contributed by atoms with Crippen molar-refractivity contribution in [3.05, 3.63) is 23.9 Å². The zero-order valence-corrected chi connectivity index (χ0v) is 17.4. The van der Waals surface area contributed by atoms with Crippen molar-refractivity contribution < 1.29 is 0 Å². The molecule has 2 fully saturated rings. The molecule has 0 aromatic rings. The minimum atomic E-state index is 0.561. The van der Waals surface area contributed by atoms with Crippen molar-refractivity contribution in [2.45, 2.75) is 98.3 Å². The summed E-state index contributed by atoms with van der Waals surface area (Å²) >= 11 is 0. The summed E-state index contributed by atoms with van der Waals surface area (Å²) in [6, 6.07) is 0. The van der Waals surface area contributed by atoms with Crippen LogP contribution in [0, 0.1) is 29.1 Å². The van der Waals surface area contributed by atoms with Crippen LogP contribution < -0.4 is 5.73 Å². The maximum Gasteiger partial charge on any atom is -0.0103 e. The van der Waals surface area contributed by atoms with E-state index in [1.54, 1.807) is 11.8 Å². The van der Waals surface area contributed by atoms with E-state index in [4.69, 9.17) is 5.73 Å². The number of rotatable bonds is 10. The zero-order valence-electron chi connectivity index (χ0n) is 17.4. The SMILES string of the molecule is CCC/C=C(\C)CC1(C(CCC/C=C/N)C2CCC2)CC(C)CC1C. The summed E-state index contributed by atoms with van der Waals surface area (Å²) in [7, 11) is 0. The largest absolute Gasteiger partial charge is 0.405 e. The van der Waals surface area contributed by atoms with E-state index in [1.807, 2.05) is 0 Å². The van der Waals surface area contributed by atoms with Gasteiger partial charge in [0, 0.05) is 0 Å². The second-order valence-corrected chi connectivity index (χ2v) is 9.35. The van der Waals surface area contributed by atoms with E-state index in [9.17, 15) is 0 Å². The Labute approximate surface area is 157 Å². The number of hydrogen-bond acceptors (Lipinski definition) is 1. The molecule has 0 aromatic carbocycles. The van der Waals surface area contributed by atoms with Gasteiger partial charge in [-0.1, -0.05) is 64.2 Å². The predicted molar refractivity (Wildman–Crippen MR) is 111 cm³/mol. The fourth-order valence-corrected chi connectivity index (χ4v) is 6.03. The van der Waals surface area contributed by atoms with Crippen molar-refractivity contribution in [1.29, 1.82) is 0 Å². The van der Waals surface area contributed by atoms with Gasteiger partial charge in [-0.3, -0.25) is 0 Å². The van der Waals surface area contributed by atoms with E-state index < -0.39 is 0 Å². The molecule has 4 atom stereocenters. The second kappa shape index (κ2) is 9.83. The summed E-state index contributed by atoms with van der Waals surface area (Å²) in [6.45, 7) is 9.77. The lowest BCUT2D eigenvalue weighted by Crippen LogP contribution is -2.40. The van der Waals surface area contributed by atoms with Crippen LogP contribution in [0.2, 0.25) is 0 Å². The molecule has 0 saturated heterocycles. The third-order valence-electron chi connectivity index (χ3n) is 7.33. The molecule has 1 nitrogen and oxygen atoms in total. The van der Waals surface area contributed by atoms with E-state index in [-0.39, 0.29) is 0 Å². The Morgan fingerprint density at radius 2 is 2.00 bits per heavy atom. The van der Waals surface area contributed by atoms with Gasteiger partial charge < -0.3 is 5.73 Å². The first-order valence-electron chi connectivity index (χ1n) is 11.1. The van der Waals surface area contributed by atoms with Crippen molar-refractivity contribution in [3.8, 4) is 0 Å². The van der Waals surface area contributed by atoms with E-state index in [2.05, 4.69) is 39.8 Å². The van der Waals surface area contributed by atoms with Gasteiger partial charge >= 0.3 is 0 Å². The highest BCUT2D eigenvalue weighted by molar-refractivity contribution is 5.10. The maximum absolute atomic E-state index is 5.56. The molecular formula is C24H43N. The highest BCUT2D eigenvalue weighted by Gasteiger charge is 2.51. The molecule has 4 unspecified atom stereocenters. The Morgan fingerprint density at radius 3 is 2.52 bits per heavy atom. The van der Waals surface area contributed by atoms with Crippen LogP contribution in [0.15, 0.2) is 23.9 Å². The van der Waals surface area contributed by atoms with Crippen molar-refractivity contribution in [2.24, 2.45) is 34.8 Å². The molecule has 1 heteroatoms. The molecule has 0 aromatic heterocycles. The van der Waals surface area contributed by atoms with Crippen molar-refractivity contribution in [1.82, 2.24) is 0 Å². The van der Waals surface area contributed by atoms with Crippen LogP contribution in [0.25, 0.3) is 0 Å². The van der Waals surface area contributed by atoms with Crippen LogP contribution in [0.5, 0.6) is 0 Å². The van der Waals surface area contributed by atoms with Gasteiger partial charge in [0.2, 0.25) is 0 Å². The van der Waals surface area contributed by atoms with Crippen LogP contribution in [0.4, 0.5) is 0 Å². The Hall–Kier alpha value is -0.720. The molecule has 2 aliphatic rings. The van der Waals surface area contributed by atoms with Crippen molar-refractivity contribution >= 4 is 0 Å². The van der Waals surface area contributed by atoms with Crippen molar-refractivity contribution in [3.63, 3.8) is 0 Å². The first-order valence-corrected chi connectivity index (χ1v) is 11.1. The Bertz CT molecular complexity index is 445. The molecule has 25 heavy (non-hydrogen) atoms. The molecule has 2 aliphatic carbocycles. The second-order valence-electron chi connectivity index (χ2n) is 9.35. The quantitative estimate of drug-likeness (QED) is 0.328. The van der Waals surface area contributed by atoms with Crippen LogP contribution in [0.3, 0.4) is 0 Å². The molecule has 2 N–H and O–H groups in total. The fraction of sp³-hybridized carbons (Fsp3) is 0.833. The monoisotopic (exact) mass is 345 g/mol. The lowest BCUT2D eigenvalue weighted by Gasteiger charge is -2.49. The summed E-state index contributed by atoms with van der Waals surface area (Å²) in [6.07, 6.45) is 21.5. The molecule has 144 valence electrons. The summed E-state index contributed by atoms with van der Waals surface area (Å²) in [5, 5.41) is 0. The highest BCUT2D eigenvalue weighted by Crippen LogP contribution is 2.60. The van der Waals surface area contributed by atoms with Gasteiger partial charge in [-0.15, -0.1) is 0 Å². The molecule has 0 bridgehead atoms. The first-order chi connectivity index (χ1) is 12.0. The Morgan fingerprint density at radius 1 is 1.24 bits per heavy atom. The minimum absolute atomic E-state index is 0.561. The molecular weight excluding hydrogens is 302 g/mol.